The first-order valence-corrected chi connectivity index (χ1v) is 2.93. The molecule has 1 aromatic carbocycles. The van der Waals surface area contributed by atoms with Crippen LogP contribution in [-0.4, -0.2) is 7.11 Å². The van der Waals surface area contributed by atoms with E-state index < -0.39 is 0 Å². The zero-order valence-electron chi connectivity index (χ0n) is 5.69. The van der Waals surface area contributed by atoms with Gasteiger partial charge in [-0.15, -0.1) is 5.11 Å². The van der Waals surface area contributed by atoms with Crippen LogP contribution in [0, 0.1) is 0 Å². The van der Waals surface area contributed by atoms with Crippen LogP contribution in [0.5, 0.6) is 0 Å². The van der Waals surface area contributed by atoms with Crippen molar-refractivity contribution in [3.8, 4) is 0 Å². The summed E-state index contributed by atoms with van der Waals surface area (Å²) in [4.78, 5) is 4.40. The van der Waals surface area contributed by atoms with Crippen molar-refractivity contribution >= 4 is 5.69 Å². The fraction of sp³-hybridized carbons (Fsp3) is 0.143. The first-order valence-electron chi connectivity index (χ1n) is 2.93. The van der Waals surface area contributed by atoms with Crippen LogP contribution in [0.3, 0.4) is 0 Å². The first-order chi connectivity index (χ1) is 4.93. The second-order valence-corrected chi connectivity index (χ2v) is 1.70. The van der Waals surface area contributed by atoms with Crippen molar-refractivity contribution in [2.24, 2.45) is 10.4 Å². The van der Waals surface area contributed by atoms with E-state index in [1.807, 2.05) is 30.3 Å². The number of rotatable bonds is 2. The largest absolute Gasteiger partial charge is 0.383 e. The summed E-state index contributed by atoms with van der Waals surface area (Å²) in [5, 5.41) is 7.09. The summed E-state index contributed by atoms with van der Waals surface area (Å²) < 4.78 is 0. The summed E-state index contributed by atoms with van der Waals surface area (Å²) in [6.45, 7) is 0. The van der Waals surface area contributed by atoms with Crippen molar-refractivity contribution < 1.29 is 4.84 Å². The first kappa shape index (κ1) is 6.74. The van der Waals surface area contributed by atoms with Crippen LogP contribution in [-0.2, 0) is 4.84 Å². The Bertz CT molecular complexity index is 208. The third kappa shape index (κ3) is 1.85. The van der Waals surface area contributed by atoms with Crippen molar-refractivity contribution in [2.45, 2.75) is 0 Å². The molecule has 0 bridgehead atoms. The highest BCUT2D eigenvalue weighted by Crippen LogP contribution is 2.09. The van der Waals surface area contributed by atoms with Gasteiger partial charge in [-0.05, 0) is 12.1 Å². The third-order valence-corrected chi connectivity index (χ3v) is 0.994. The van der Waals surface area contributed by atoms with Crippen molar-refractivity contribution in [2.75, 3.05) is 7.11 Å². The molecule has 0 radical (unpaired) electrons. The highest BCUT2D eigenvalue weighted by atomic mass is 16.6. The van der Waals surface area contributed by atoms with E-state index in [1.165, 1.54) is 7.11 Å². The lowest BCUT2D eigenvalue weighted by molar-refractivity contribution is 0.190. The van der Waals surface area contributed by atoms with E-state index in [9.17, 15) is 0 Å². The molecule has 0 saturated carbocycles. The summed E-state index contributed by atoms with van der Waals surface area (Å²) in [6, 6.07) is 9.41. The van der Waals surface area contributed by atoms with Crippen molar-refractivity contribution in [3.63, 3.8) is 0 Å². The summed E-state index contributed by atoms with van der Waals surface area (Å²) in [5.74, 6) is 0. The molecule has 0 aliphatic heterocycles. The Morgan fingerprint density at radius 1 is 1.20 bits per heavy atom. The minimum atomic E-state index is 0.796. The van der Waals surface area contributed by atoms with Crippen LogP contribution < -0.4 is 0 Å². The summed E-state index contributed by atoms with van der Waals surface area (Å²) in [6.07, 6.45) is 0. The lowest BCUT2D eigenvalue weighted by Gasteiger charge is -1.87. The zero-order valence-corrected chi connectivity index (χ0v) is 5.69. The maximum atomic E-state index is 4.40. The maximum Gasteiger partial charge on any atom is 0.108 e. The van der Waals surface area contributed by atoms with Crippen LogP contribution in [0.2, 0.25) is 0 Å². The molecule has 10 heavy (non-hydrogen) atoms. The van der Waals surface area contributed by atoms with E-state index in [1.54, 1.807) is 0 Å². The van der Waals surface area contributed by atoms with Gasteiger partial charge in [0.15, 0.2) is 0 Å². The summed E-state index contributed by atoms with van der Waals surface area (Å²) in [5.41, 5.74) is 0.796. The predicted molar refractivity (Wildman–Crippen MR) is 38.0 cm³/mol. The Balaban J connectivity index is 2.67. The third-order valence-electron chi connectivity index (χ3n) is 0.994. The normalized spacial score (nSPS) is 10.1. The molecule has 0 N–H and O–H groups in total. The van der Waals surface area contributed by atoms with Gasteiger partial charge < -0.3 is 4.84 Å². The van der Waals surface area contributed by atoms with Gasteiger partial charge in [-0.25, -0.2) is 0 Å². The fourth-order valence-electron chi connectivity index (χ4n) is 0.583. The van der Waals surface area contributed by atoms with E-state index in [2.05, 4.69) is 15.2 Å². The Labute approximate surface area is 59.3 Å². The van der Waals surface area contributed by atoms with Gasteiger partial charge in [0.2, 0.25) is 0 Å². The van der Waals surface area contributed by atoms with Gasteiger partial charge in [0.1, 0.15) is 7.11 Å². The molecule has 0 unspecified atom stereocenters. The molecule has 0 aliphatic rings. The van der Waals surface area contributed by atoms with Crippen LogP contribution in [0.25, 0.3) is 0 Å². The Morgan fingerprint density at radius 3 is 2.50 bits per heavy atom. The molecule has 0 heterocycles. The molecular weight excluding hydrogens is 128 g/mol. The van der Waals surface area contributed by atoms with E-state index >= 15 is 0 Å². The molecule has 3 nitrogen and oxygen atoms in total. The van der Waals surface area contributed by atoms with Gasteiger partial charge in [-0.1, -0.05) is 18.2 Å². The molecule has 1 rings (SSSR count). The predicted octanol–water partition coefficient (Wildman–Crippen LogP) is 2.33. The highest BCUT2D eigenvalue weighted by molar-refractivity contribution is 5.34. The monoisotopic (exact) mass is 136 g/mol. The molecule has 3 heteroatoms. The Kier molecular flexibility index (Phi) is 2.43. The Morgan fingerprint density at radius 2 is 1.90 bits per heavy atom. The van der Waals surface area contributed by atoms with E-state index in [0.717, 1.165) is 5.69 Å². The van der Waals surface area contributed by atoms with Crippen LogP contribution in [0.4, 0.5) is 5.69 Å². The van der Waals surface area contributed by atoms with Gasteiger partial charge >= 0.3 is 0 Å². The lowest BCUT2D eigenvalue weighted by Crippen LogP contribution is -1.63. The zero-order chi connectivity index (χ0) is 7.23. The lowest BCUT2D eigenvalue weighted by atomic mass is 10.3. The summed E-state index contributed by atoms with van der Waals surface area (Å²) >= 11 is 0. The maximum absolute atomic E-state index is 4.40. The highest BCUT2D eigenvalue weighted by Gasteiger charge is 1.81. The molecule has 0 fully saturated rings. The average Bonchev–Trinajstić information content (AvgIpc) is 2.03. The quantitative estimate of drug-likeness (QED) is 0.453. The van der Waals surface area contributed by atoms with Gasteiger partial charge in [0.05, 0.1) is 5.69 Å². The van der Waals surface area contributed by atoms with Crippen molar-refractivity contribution in [1.82, 2.24) is 0 Å². The molecule has 0 aromatic heterocycles. The van der Waals surface area contributed by atoms with Crippen molar-refractivity contribution in [1.29, 1.82) is 0 Å². The topological polar surface area (TPSA) is 34.0 Å². The minimum Gasteiger partial charge on any atom is -0.383 e. The molecule has 52 valence electrons. The fourth-order valence-corrected chi connectivity index (χ4v) is 0.583. The average molecular weight is 136 g/mol. The molecule has 0 amide bonds. The van der Waals surface area contributed by atoms with Crippen LogP contribution in [0.1, 0.15) is 0 Å². The van der Waals surface area contributed by atoms with Crippen LogP contribution in [0.15, 0.2) is 40.7 Å². The van der Waals surface area contributed by atoms with E-state index in [0.29, 0.717) is 0 Å². The standard InChI is InChI=1S/C7H8N2O/c1-10-9-8-7-5-3-2-4-6-7/h2-6H,1H3. The molecule has 0 spiro atoms. The van der Waals surface area contributed by atoms with Crippen LogP contribution >= 0.6 is 0 Å². The molecule has 0 saturated heterocycles. The van der Waals surface area contributed by atoms with E-state index in [-0.39, 0.29) is 0 Å². The number of hydrogen-bond donors (Lipinski definition) is 0. The second kappa shape index (κ2) is 3.61. The number of nitrogens with zero attached hydrogens (tertiary/aromatic N) is 2. The molecule has 1 aromatic rings. The number of benzene rings is 1. The van der Waals surface area contributed by atoms with Crippen molar-refractivity contribution in [3.05, 3.63) is 30.3 Å². The molecular formula is C7H8N2O. The SMILES string of the molecule is CON=Nc1ccccc1. The van der Waals surface area contributed by atoms with Gasteiger partial charge in [0, 0.05) is 5.28 Å². The van der Waals surface area contributed by atoms with Gasteiger partial charge in [-0.3, -0.25) is 0 Å². The molecule has 0 atom stereocenters. The smallest absolute Gasteiger partial charge is 0.108 e. The summed E-state index contributed by atoms with van der Waals surface area (Å²) in [7, 11) is 1.46. The van der Waals surface area contributed by atoms with E-state index in [4.69, 9.17) is 0 Å². The van der Waals surface area contributed by atoms with Gasteiger partial charge in [0.25, 0.3) is 0 Å². The minimum absolute atomic E-state index is 0.796. The second-order valence-electron chi connectivity index (χ2n) is 1.70. The molecule has 0 aliphatic carbocycles. The van der Waals surface area contributed by atoms with Gasteiger partial charge in [-0.2, -0.15) is 0 Å². The Hall–Kier alpha value is -1.38. The number of hydrogen-bond acceptors (Lipinski definition) is 3.